The SMILES string of the molecule is Cc1csc(CCNC(=O)N[C@@H](CCO)C(=O)O)n1. The fraction of sp³-hybridized carbons (Fsp3) is 0.545. The molecule has 1 atom stereocenters. The van der Waals surface area contributed by atoms with Gasteiger partial charge in [-0.2, -0.15) is 0 Å². The number of nitrogens with one attached hydrogen (secondary N) is 2. The van der Waals surface area contributed by atoms with Crippen molar-refractivity contribution in [2.45, 2.75) is 25.8 Å². The largest absolute Gasteiger partial charge is 0.480 e. The van der Waals surface area contributed by atoms with Crippen molar-refractivity contribution in [3.8, 4) is 0 Å². The van der Waals surface area contributed by atoms with Crippen LogP contribution in [0.3, 0.4) is 0 Å². The van der Waals surface area contributed by atoms with E-state index in [-0.39, 0.29) is 13.0 Å². The van der Waals surface area contributed by atoms with Crippen molar-refractivity contribution in [2.24, 2.45) is 0 Å². The van der Waals surface area contributed by atoms with Gasteiger partial charge in [0.05, 0.1) is 5.01 Å². The van der Waals surface area contributed by atoms with Crippen LogP contribution in [0.1, 0.15) is 17.1 Å². The zero-order valence-corrected chi connectivity index (χ0v) is 11.4. The number of aromatic nitrogens is 1. The molecule has 0 unspecified atom stereocenters. The van der Waals surface area contributed by atoms with Crippen LogP contribution < -0.4 is 10.6 Å². The van der Waals surface area contributed by atoms with Crippen molar-refractivity contribution < 1.29 is 19.8 Å². The lowest BCUT2D eigenvalue weighted by Crippen LogP contribution is -2.46. The maximum atomic E-state index is 11.4. The second-order valence-corrected chi connectivity index (χ2v) is 4.88. The molecule has 0 spiro atoms. The molecule has 19 heavy (non-hydrogen) atoms. The highest BCUT2D eigenvalue weighted by molar-refractivity contribution is 7.09. The first kappa shape index (κ1) is 15.4. The zero-order chi connectivity index (χ0) is 14.3. The third-order valence-corrected chi connectivity index (χ3v) is 3.34. The van der Waals surface area contributed by atoms with Gasteiger partial charge in [-0.3, -0.25) is 0 Å². The Kier molecular flexibility index (Phi) is 6.23. The molecule has 0 fully saturated rings. The molecular formula is C11H17N3O4S. The fourth-order valence-electron chi connectivity index (χ4n) is 1.40. The summed E-state index contributed by atoms with van der Waals surface area (Å²) in [7, 11) is 0. The molecule has 1 aromatic rings. The normalized spacial score (nSPS) is 11.9. The number of aryl methyl sites for hydroxylation is 1. The molecule has 106 valence electrons. The first-order valence-corrected chi connectivity index (χ1v) is 6.70. The monoisotopic (exact) mass is 287 g/mol. The second-order valence-electron chi connectivity index (χ2n) is 3.94. The van der Waals surface area contributed by atoms with Gasteiger partial charge in [0.15, 0.2) is 0 Å². The smallest absolute Gasteiger partial charge is 0.326 e. The van der Waals surface area contributed by atoms with Crippen LogP contribution in [0.5, 0.6) is 0 Å². The van der Waals surface area contributed by atoms with E-state index in [1.165, 1.54) is 11.3 Å². The van der Waals surface area contributed by atoms with Gasteiger partial charge in [-0.05, 0) is 6.92 Å². The molecule has 7 nitrogen and oxygen atoms in total. The van der Waals surface area contributed by atoms with E-state index in [0.717, 1.165) is 10.7 Å². The second kappa shape index (κ2) is 7.70. The van der Waals surface area contributed by atoms with Gasteiger partial charge in [0.25, 0.3) is 0 Å². The van der Waals surface area contributed by atoms with Gasteiger partial charge >= 0.3 is 12.0 Å². The Labute approximate surface area is 114 Å². The molecule has 0 radical (unpaired) electrons. The summed E-state index contributed by atoms with van der Waals surface area (Å²) in [6.07, 6.45) is 0.581. The van der Waals surface area contributed by atoms with Crippen LogP contribution in [0.15, 0.2) is 5.38 Å². The van der Waals surface area contributed by atoms with Gasteiger partial charge in [0.1, 0.15) is 6.04 Å². The Morgan fingerprint density at radius 2 is 2.26 bits per heavy atom. The number of urea groups is 1. The third-order valence-electron chi connectivity index (χ3n) is 2.31. The minimum atomic E-state index is -1.17. The Morgan fingerprint density at radius 3 is 2.79 bits per heavy atom. The van der Waals surface area contributed by atoms with Crippen molar-refractivity contribution in [3.05, 3.63) is 16.1 Å². The van der Waals surface area contributed by atoms with E-state index in [2.05, 4.69) is 15.6 Å². The highest BCUT2D eigenvalue weighted by Gasteiger charge is 2.18. The number of hydrogen-bond donors (Lipinski definition) is 4. The van der Waals surface area contributed by atoms with E-state index in [1.54, 1.807) is 0 Å². The summed E-state index contributed by atoms with van der Waals surface area (Å²) in [6.45, 7) is 1.98. The molecular weight excluding hydrogens is 270 g/mol. The minimum Gasteiger partial charge on any atom is -0.480 e. The quantitative estimate of drug-likeness (QED) is 0.569. The highest BCUT2D eigenvalue weighted by atomic mass is 32.1. The van der Waals surface area contributed by atoms with E-state index in [0.29, 0.717) is 13.0 Å². The number of aliphatic hydroxyl groups excluding tert-OH is 1. The number of carboxylic acid groups (broad SMARTS) is 1. The maximum absolute atomic E-state index is 11.4. The molecule has 0 saturated heterocycles. The fourth-order valence-corrected chi connectivity index (χ4v) is 2.17. The van der Waals surface area contributed by atoms with Gasteiger partial charge in [0, 0.05) is 37.1 Å². The molecule has 0 bridgehead atoms. The molecule has 0 saturated carbocycles. The lowest BCUT2D eigenvalue weighted by Gasteiger charge is -2.13. The molecule has 1 aromatic heterocycles. The van der Waals surface area contributed by atoms with Gasteiger partial charge in [-0.25, -0.2) is 14.6 Å². The van der Waals surface area contributed by atoms with Crippen LogP contribution in [0.25, 0.3) is 0 Å². The van der Waals surface area contributed by atoms with Crippen molar-refractivity contribution in [1.29, 1.82) is 0 Å². The lowest BCUT2D eigenvalue weighted by atomic mass is 10.2. The summed E-state index contributed by atoms with van der Waals surface area (Å²) < 4.78 is 0. The van der Waals surface area contributed by atoms with Crippen LogP contribution in [0.4, 0.5) is 4.79 Å². The molecule has 0 aliphatic carbocycles. The van der Waals surface area contributed by atoms with Crippen LogP contribution in [0.2, 0.25) is 0 Å². The molecule has 1 heterocycles. The number of amides is 2. The van der Waals surface area contributed by atoms with Crippen LogP contribution in [-0.4, -0.2) is 46.4 Å². The number of carboxylic acids is 1. The Bertz CT molecular complexity index is 435. The number of carbonyl (C=O) groups is 2. The Balaban J connectivity index is 2.28. The number of rotatable bonds is 7. The summed E-state index contributed by atoms with van der Waals surface area (Å²) in [5.74, 6) is -1.17. The van der Waals surface area contributed by atoms with Crippen LogP contribution in [0, 0.1) is 6.92 Å². The molecule has 1 rings (SSSR count). The predicted molar refractivity (Wildman–Crippen MR) is 70.2 cm³/mol. The Hall–Kier alpha value is -1.67. The summed E-state index contributed by atoms with van der Waals surface area (Å²) >= 11 is 1.52. The van der Waals surface area contributed by atoms with E-state index >= 15 is 0 Å². The molecule has 0 aliphatic rings. The van der Waals surface area contributed by atoms with E-state index < -0.39 is 18.0 Å². The van der Waals surface area contributed by atoms with Crippen molar-refractivity contribution in [1.82, 2.24) is 15.6 Å². The Morgan fingerprint density at radius 1 is 1.53 bits per heavy atom. The van der Waals surface area contributed by atoms with E-state index in [1.807, 2.05) is 12.3 Å². The third kappa shape index (κ3) is 5.66. The van der Waals surface area contributed by atoms with Crippen LogP contribution >= 0.6 is 11.3 Å². The molecule has 0 aromatic carbocycles. The maximum Gasteiger partial charge on any atom is 0.326 e. The number of thiazole rings is 1. The first-order valence-electron chi connectivity index (χ1n) is 5.82. The molecule has 8 heteroatoms. The van der Waals surface area contributed by atoms with Gasteiger partial charge in [-0.1, -0.05) is 0 Å². The number of nitrogens with zero attached hydrogens (tertiary/aromatic N) is 1. The first-order chi connectivity index (χ1) is 9.02. The summed E-state index contributed by atoms with van der Waals surface area (Å²) in [6, 6.07) is -1.64. The number of carbonyl (C=O) groups excluding carboxylic acids is 1. The number of aliphatic carboxylic acids is 1. The molecule has 0 aliphatic heterocycles. The van der Waals surface area contributed by atoms with Crippen molar-refractivity contribution >= 4 is 23.3 Å². The number of hydrogen-bond acceptors (Lipinski definition) is 5. The van der Waals surface area contributed by atoms with E-state index in [9.17, 15) is 9.59 Å². The molecule has 4 N–H and O–H groups in total. The predicted octanol–water partition coefficient (Wildman–Crippen LogP) is 0.129. The summed E-state index contributed by atoms with van der Waals surface area (Å²) in [5.41, 5.74) is 0.943. The lowest BCUT2D eigenvalue weighted by molar-refractivity contribution is -0.139. The average Bonchev–Trinajstić information content (AvgIpc) is 2.74. The van der Waals surface area contributed by atoms with Gasteiger partial charge < -0.3 is 20.8 Å². The zero-order valence-electron chi connectivity index (χ0n) is 10.5. The van der Waals surface area contributed by atoms with Gasteiger partial charge in [-0.15, -0.1) is 11.3 Å². The summed E-state index contributed by atoms with van der Waals surface area (Å²) in [5, 5.41) is 25.2. The molecule has 2 amide bonds. The standard InChI is InChI=1S/C11H17N3O4S/c1-7-6-19-9(13-7)2-4-12-11(18)14-8(3-5-15)10(16)17/h6,8,15H,2-5H2,1H3,(H,16,17)(H2,12,14,18)/t8-/m0/s1. The van der Waals surface area contributed by atoms with Gasteiger partial charge in [0.2, 0.25) is 0 Å². The highest BCUT2D eigenvalue weighted by Crippen LogP contribution is 2.08. The van der Waals surface area contributed by atoms with E-state index in [4.69, 9.17) is 10.2 Å². The average molecular weight is 287 g/mol. The van der Waals surface area contributed by atoms with Crippen molar-refractivity contribution in [3.63, 3.8) is 0 Å². The minimum absolute atomic E-state index is 0.0194. The van der Waals surface area contributed by atoms with Crippen LogP contribution in [-0.2, 0) is 11.2 Å². The summed E-state index contributed by atoms with van der Waals surface area (Å²) in [4.78, 5) is 26.5. The topological polar surface area (TPSA) is 112 Å². The van der Waals surface area contributed by atoms with Crippen molar-refractivity contribution in [2.75, 3.05) is 13.2 Å². The number of aliphatic hydroxyl groups is 1.